The predicted octanol–water partition coefficient (Wildman–Crippen LogP) is 2.23. The number of carbonyl (C=O) groups is 2. The molecular formula is C19H22N2O5. The van der Waals surface area contributed by atoms with Gasteiger partial charge in [-0.25, -0.2) is 9.59 Å². The molecule has 0 saturated carbocycles. The quantitative estimate of drug-likeness (QED) is 0.629. The van der Waals surface area contributed by atoms with Crippen molar-refractivity contribution >= 4 is 12.1 Å². The smallest absolute Gasteiger partial charge is 0.414 e. The van der Waals surface area contributed by atoms with Crippen LogP contribution in [0.5, 0.6) is 17.2 Å². The minimum absolute atomic E-state index is 0.288. The Labute approximate surface area is 152 Å². The number of nitrogens with two attached hydrogens (primary N) is 1. The molecule has 2 aromatic rings. The van der Waals surface area contributed by atoms with Gasteiger partial charge in [0.1, 0.15) is 11.8 Å². The minimum Gasteiger partial charge on any atom is -0.493 e. The molecule has 7 nitrogen and oxygen atoms in total. The van der Waals surface area contributed by atoms with E-state index in [2.05, 4.69) is 0 Å². The number of hydrogen-bond acceptors (Lipinski definition) is 6. The van der Waals surface area contributed by atoms with Crippen LogP contribution in [0.2, 0.25) is 0 Å². The van der Waals surface area contributed by atoms with E-state index in [9.17, 15) is 9.59 Å². The van der Waals surface area contributed by atoms with Gasteiger partial charge >= 0.3 is 12.1 Å². The van der Waals surface area contributed by atoms with Gasteiger partial charge in [-0.15, -0.1) is 0 Å². The second-order valence-corrected chi connectivity index (χ2v) is 5.79. The molecular weight excluding hydrogens is 336 g/mol. The molecule has 26 heavy (non-hydrogen) atoms. The summed E-state index contributed by atoms with van der Waals surface area (Å²) in [6.45, 7) is 0. The highest BCUT2D eigenvalue weighted by molar-refractivity contribution is 5.79. The molecule has 0 aliphatic carbocycles. The average molecular weight is 358 g/mol. The lowest BCUT2D eigenvalue weighted by Crippen LogP contribution is -2.36. The van der Waals surface area contributed by atoms with Crippen LogP contribution in [-0.4, -0.2) is 44.2 Å². The average Bonchev–Trinajstić information content (AvgIpc) is 2.63. The molecule has 2 rings (SSSR count). The van der Waals surface area contributed by atoms with Crippen molar-refractivity contribution in [1.29, 1.82) is 0 Å². The van der Waals surface area contributed by atoms with Crippen LogP contribution < -0.4 is 19.9 Å². The zero-order valence-corrected chi connectivity index (χ0v) is 15.0. The summed E-state index contributed by atoms with van der Waals surface area (Å²) in [5.74, 6) is 0.636. The number of ether oxygens (including phenoxy) is 3. The van der Waals surface area contributed by atoms with Gasteiger partial charge in [0, 0.05) is 14.1 Å². The number of benzene rings is 2. The molecule has 0 aromatic heterocycles. The first-order chi connectivity index (χ1) is 12.4. The Hall–Kier alpha value is -3.06. The van der Waals surface area contributed by atoms with Crippen molar-refractivity contribution in [3.8, 4) is 17.2 Å². The van der Waals surface area contributed by atoms with Crippen molar-refractivity contribution in [2.24, 2.45) is 5.73 Å². The molecule has 0 aliphatic rings. The SMILES string of the molecule is COc1ccccc1OC(=O)[C@@H](N)Cc1ccc(OC(=O)N(C)C)cc1. The van der Waals surface area contributed by atoms with Crippen molar-refractivity contribution in [3.63, 3.8) is 0 Å². The first kappa shape index (κ1) is 19.3. The van der Waals surface area contributed by atoms with E-state index in [0.29, 0.717) is 17.2 Å². The van der Waals surface area contributed by atoms with Gasteiger partial charge in [-0.1, -0.05) is 24.3 Å². The number of nitrogens with zero attached hydrogens (tertiary/aromatic N) is 1. The predicted molar refractivity (Wildman–Crippen MR) is 96.5 cm³/mol. The van der Waals surface area contributed by atoms with E-state index >= 15 is 0 Å². The fourth-order valence-corrected chi connectivity index (χ4v) is 2.11. The van der Waals surface area contributed by atoms with Gasteiger partial charge in [0.25, 0.3) is 0 Å². The molecule has 7 heteroatoms. The summed E-state index contributed by atoms with van der Waals surface area (Å²) >= 11 is 0. The number of para-hydroxylation sites is 2. The molecule has 0 fully saturated rings. The molecule has 1 atom stereocenters. The number of methoxy groups -OCH3 is 1. The summed E-state index contributed by atoms with van der Waals surface area (Å²) in [6.07, 6.45) is -0.176. The van der Waals surface area contributed by atoms with Crippen LogP contribution >= 0.6 is 0 Å². The second-order valence-electron chi connectivity index (χ2n) is 5.79. The van der Waals surface area contributed by atoms with E-state index in [0.717, 1.165) is 5.56 Å². The fourth-order valence-electron chi connectivity index (χ4n) is 2.11. The second kappa shape index (κ2) is 8.87. The molecule has 0 unspecified atom stereocenters. The van der Waals surface area contributed by atoms with E-state index in [1.54, 1.807) is 62.6 Å². The van der Waals surface area contributed by atoms with E-state index in [4.69, 9.17) is 19.9 Å². The zero-order chi connectivity index (χ0) is 19.1. The summed E-state index contributed by atoms with van der Waals surface area (Å²) in [5.41, 5.74) is 6.76. The van der Waals surface area contributed by atoms with Crippen LogP contribution in [0, 0.1) is 0 Å². The maximum Gasteiger partial charge on any atom is 0.414 e. The highest BCUT2D eigenvalue weighted by Crippen LogP contribution is 2.26. The molecule has 138 valence electrons. The van der Waals surface area contributed by atoms with Crippen LogP contribution in [0.4, 0.5) is 4.79 Å². The summed E-state index contributed by atoms with van der Waals surface area (Å²) in [7, 11) is 4.70. The van der Waals surface area contributed by atoms with Crippen LogP contribution in [0.15, 0.2) is 48.5 Å². The van der Waals surface area contributed by atoms with Gasteiger partial charge < -0.3 is 24.8 Å². The molecule has 0 saturated heterocycles. The van der Waals surface area contributed by atoms with Crippen LogP contribution in [0.25, 0.3) is 0 Å². The molecule has 0 radical (unpaired) electrons. The van der Waals surface area contributed by atoms with E-state index in [-0.39, 0.29) is 6.42 Å². The summed E-state index contributed by atoms with van der Waals surface area (Å²) in [5, 5.41) is 0. The first-order valence-corrected chi connectivity index (χ1v) is 7.99. The van der Waals surface area contributed by atoms with Crippen molar-refractivity contribution in [1.82, 2.24) is 4.90 Å². The van der Waals surface area contributed by atoms with Gasteiger partial charge in [0.15, 0.2) is 11.5 Å². The Bertz CT molecular complexity index is 759. The van der Waals surface area contributed by atoms with Crippen molar-refractivity contribution in [3.05, 3.63) is 54.1 Å². The Morgan fingerprint density at radius 1 is 1.00 bits per heavy atom. The lowest BCUT2D eigenvalue weighted by atomic mass is 10.1. The first-order valence-electron chi connectivity index (χ1n) is 7.99. The van der Waals surface area contributed by atoms with Crippen LogP contribution in [-0.2, 0) is 11.2 Å². The number of carbonyl (C=O) groups excluding carboxylic acids is 2. The van der Waals surface area contributed by atoms with Gasteiger partial charge in [0.2, 0.25) is 0 Å². The van der Waals surface area contributed by atoms with Gasteiger partial charge in [-0.3, -0.25) is 0 Å². The Morgan fingerprint density at radius 2 is 1.62 bits per heavy atom. The maximum absolute atomic E-state index is 12.2. The third kappa shape index (κ3) is 5.22. The normalized spacial score (nSPS) is 11.4. The third-order valence-electron chi connectivity index (χ3n) is 3.53. The van der Waals surface area contributed by atoms with Gasteiger partial charge in [-0.2, -0.15) is 0 Å². The lowest BCUT2D eigenvalue weighted by molar-refractivity contribution is -0.135. The highest BCUT2D eigenvalue weighted by atomic mass is 16.6. The summed E-state index contributed by atoms with van der Waals surface area (Å²) < 4.78 is 15.6. The molecule has 2 N–H and O–H groups in total. The third-order valence-corrected chi connectivity index (χ3v) is 3.53. The molecule has 0 spiro atoms. The standard InChI is InChI=1S/C19H22N2O5/c1-21(2)19(23)25-14-10-8-13(9-11-14)12-15(20)18(22)26-17-7-5-4-6-16(17)24-3/h4-11,15H,12,20H2,1-3H3/t15-/m0/s1. The number of hydrogen-bond donors (Lipinski definition) is 1. The number of esters is 1. The largest absolute Gasteiger partial charge is 0.493 e. The Kier molecular flexibility index (Phi) is 6.57. The molecule has 1 amide bonds. The van der Waals surface area contributed by atoms with Crippen molar-refractivity contribution in [2.75, 3.05) is 21.2 Å². The topological polar surface area (TPSA) is 91.1 Å². The highest BCUT2D eigenvalue weighted by Gasteiger charge is 2.18. The van der Waals surface area contributed by atoms with Crippen molar-refractivity contribution in [2.45, 2.75) is 12.5 Å². The minimum atomic E-state index is -0.838. The van der Waals surface area contributed by atoms with Crippen molar-refractivity contribution < 1.29 is 23.8 Å². The number of rotatable bonds is 6. The zero-order valence-electron chi connectivity index (χ0n) is 15.0. The summed E-state index contributed by atoms with van der Waals surface area (Å²) in [4.78, 5) is 25.0. The Balaban J connectivity index is 1.95. The molecule has 0 bridgehead atoms. The number of amides is 1. The Morgan fingerprint density at radius 3 is 2.19 bits per heavy atom. The molecule has 0 heterocycles. The maximum atomic E-state index is 12.2. The summed E-state index contributed by atoms with van der Waals surface area (Å²) in [6, 6.07) is 12.8. The van der Waals surface area contributed by atoms with Gasteiger partial charge in [0.05, 0.1) is 7.11 Å². The van der Waals surface area contributed by atoms with Crippen LogP contribution in [0.3, 0.4) is 0 Å². The molecule has 0 aliphatic heterocycles. The fraction of sp³-hybridized carbons (Fsp3) is 0.263. The van der Waals surface area contributed by atoms with E-state index < -0.39 is 18.1 Å². The van der Waals surface area contributed by atoms with E-state index in [1.807, 2.05) is 0 Å². The monoisotopic (exact) mass is 358 g/mol. The van der Waals surface area contributed by atoms with E-state index in [1.165, 1.54) is 12.0 Å². The van der Waals surface area contributed by atoms with Gasteiger partial charge in [-0.05, 0) is 36.2 Å². The molecule has 2 aromatic carbocycles. The van der Waals surface area contributed by atoms with Crippen LogP contribution in [0.1, 0.15) is 5.56 Å². The lowest BCUT2D eigenvalue weighted by Gasteiger charge is -2.14.